The van der Waals surface area contributed by atoms with Crippen LogP contribution in [-0.2, 0) is 6.42 Å². The summed E-state index contributed by atoms with van der Waals surface area (Å²) in [5.41, 5.74) is 1.43. The van der Waals surface area contributed by atoms with Gasteiger partial charge in [-0.05, 0) is 46.3 Å². The molecular weight excluding hydrogens is 337 g/mol. The lowest BCUT2D eigenvalue weighted by atomic mass is 10.1. The first-order valence-electron chi connectivity index (χ1n) is 6.61. The second-order valence-corrected chi connectivity index (χ2v) is 5.74. The molecule has 1 unspecified atom stereocenters. The van der Waals surface area contributed by atoms with Gasteiger partial charge in [-0.3, -0.25) is 4.79 Å². The molecule has 1 amide bonds. The highest BCUT2D eigenvalue weighted by Crippen LogP contribution is 2.29. The van der Waals surface area contributed by atoms with Crippen molar-refractivity contribution in [1.82, 2.24) is 5.32 Å². The van der Waals surface area contributed by atoms with Crippen molar-refractivity contribution in [3.8, 4) is 5.75 Å². The molecule has 0 radical (unpaired) electrons. The van der Waals surface area contributed by atoms with E-state index in [1.807, 2.05) is 18.2 Å². The molecule has 2 aromatic carbocycles. The Morgan fingerprint density at radius 1 is 1.33 bits per heavy atom. The topological polar surface area (TPSA) is 38.3 Å². The lowest BCUT2D eigenvalue weighted by Gasteiger charge is -2.12. The van der Waals surface area contributed by atoms with Gasteiger partial charge in [-0.1, -0.05) is 12.1 Å². The van der Waals surface area contributed by atoms with E-state index < -0.39 is 0 Å². The standard InChI is InChI=1S/C16H13BrFNO2/c17-14-4-2-1-3-13(14)16(20)19-9-12-8-10-7-11(18)5-6-15(10)21-12/h1-7,12H,8-9H2,(H,19,20). The molecule has 0 bridgehead atoms. The quantitative estimate of drug-likeness (QED) is 0.922. The van der Waals surface area contributed by atoms with E-state index >= 15 is 0 Å². The molecule has 0 aliphatic carbocycles. The summed E-state index contributed by atoms with van der Waals surface area (Å²) in [7, 11) is 0. The Kier molecular flexibility index (Phi) is 3.92. The van der Waals surface area contributed by atoms with Gasteiger partial charge < -0.3 is 10.1 Å². The maximum Gasteiger partial charge on any atom is 0.252 e. The molecule has 1 aliphatic rings. The van der Waals surface area contributed by atoms with E-state index in [0.717, 1.165) is 10.0 Å². The molecule has 3 rings (SSSR count). The van der Waals surface area contributed by atoms with Crippen LogP contribution in [-0.4, -0.2) is 18.6 Å². The summed E-state index contributed by atoms with van der Waals surface area (Å²) in [5.74, 6) is 0.264. The molecule has 3 nitrogen and oxygen atoms in total. The van der Waals surface area contributed by atoms with Crippen molar-refractivity contribution in [2.75, 3.05) is 6.54 Å². The molecule has 1 heterocycles. The first-order valence-corrected chi connectivity index (χ1v) is 7.40. The van der Waals surface area contributed by atoms with E-state index in [1.54, 1.807) is 12.1 Å². The Hall–Kier alpha value is -1.88. The van der Waals surface area contributed by atoms with Crippen LogP contribution in [0.5, 0.6) is 5.75 Å². The molecule has 0 spiro atoms. The molecule has 0 saturated carbocycles. The van der Waals surface area contributed by atoms with Gasteiger partial charge in [0.25, 0.3) is 5.91 Å². The van der Waals surface area contributed by atoms with E-state index in [2.05, 4.69) is 21.2 Å². The van der Waals surface area contributed by atoms with E-state index in [0.29, 0.717) is 24.3 Å². The molecule has 0 fully saturated rings. The summed E-state index contributed by atoms with van der Waals surface area (Å²) >= 11 is 3.35. The van der Waals surface area contributed by atoms with Crippen molar-refractivity contribution in [3.63, 3.8) is 0 Å². The Labute approximate surface area is 130 Å². The van der Waals surface area contributed by atoms with Crippen LogP contribution in [0.1, 0.15) is 15.9 Å². The minimum Gasteiger partial charge on any atom is -0.488 e. The zero-order valence-corrected chi connectivity index (χ0v) is 12.7. The number of nitrogens with one attached hydrogen (secondary N) is 1. The Bertz CT molecular complexity index is 690. The van der Waals surface area contributed by atoms with Crippen molar-refractivity contribution in [2.45, 2.75) is 12.5 Å². The van der Waals surface area contributed by atoms with Crippen molar-refractivity contribution < 1.29 is 13.9 Å². The number of ether oxygens (including phenoxy) is 1. The molecule has 2 aromatic rings. The average Bonchev–Trinajstić information content (AvgIpc) is 2.87. The number of benzene rings is 2. The Morgan fingerprint density at radius 2 is 2.14 bits per heavy atom. The third-order valence-corrected chi connectivity index (χ3v) is 4.06. The molecule has 1 atom stereocenters. The van der Waals surface area contributed by atoms with Gasteiger partial charge in [0.05, 0.1) is 12.1 Å². The predicted molar refractivity (Wildman–Crippen MR) is 81.0 cm³/mol. The van der Waals surface area contributed by atoms with Crippen LogP contribution in [0.25, 0.3) is 0 Å². The highest BCUT2D eigenvalue weighted by Gasteiger charge is 2.24. The second kappa shape index (κ2) is 5.85. The lowest BCUT2D eigenvalue weighted by molar-refractivity contribution is 0.0933. The minimum absolute atomic E-state index is 0.159. The monoisotopic (exact) mass is 349 g/mol. The predicted octanol–water partition coefficient (Wildman–Crippen LogP) is 3.32. The number of halogens is 2. The molecule has 21 heavy (non-hydrogen) atoms. The number of carbonyl (C=O) groups excluding carboxylic acids is 1. The summed E-state index contributed by atoms with van der Waals surface area (Å²) in [6, 6.07) is 11.7. The lowest BCUT2D eigenvalue weighted by Crippen LogP contribution is -2.34. The number of fused-ring (bicyclic) bond motifs is 1. The van der Waals surface area contributed by atoms with Crippen molar-refractivity contribution in [2.24, 2.45) is 0 Å². The third kappa shape index (κ3) is 3.08. The van der Waals surface area contributed by atoms with Gasteiger partial charge in [0.1, 0.15) is 17.7 Å². The fraction of sp³-hybridized carbons (Fsp3) is 0.188. The number of rotatable bonds is 3. The normalized spacial score (nSPS) is 16.2. The van der Waals surface area contributed by atoms with Crippen LogP contribution >= 0.6 is 15.9 Å². The number of hydrogen-bond acceptors (Lipinski definition) is 2. The Morgan fingerprint density at radius 3 is 2.95 bits per heavy atom. The number of amides is 1. The van der Waals surface area contributed by atoms with Gasteiger partial charge in [0, 0.05) is 16.5 Å². The van der Waals surface area contributed by atoms with Crippen molar-refractivity contribution >= 4 is 21.8 Å². The fourth-order valence-electron chi connectivity index (χ4n) is 2.35. The number of carbonyl (C=O) groups is 1. The van der Waals surface area contributed by atoms with Gasteiger partial charge in [0.2, 0.25) is 0 Å². The minimum atomic E-state index is -0.268. The maximum atomic E-state index is 13.1. The molecule has 1 aliphatic heterocycles. The van der Waals surface area contributed by atoms with Gasteiger partial charge >= 0.3 is 0 Å². The molecule has 108 valence electrons. The largest absolute Gasteiger partial charge is 0.488 e. The summed E-state index contributed by atoms with van der Waals surface area (Å²) in [4.78, 5) is 12.1. The van der Waals surface area contributed by atoms with E-state index in [-0.39, 0.29) is 17.8 Å². The van der Waals surface area contributed by atoms with Gasteiger partial charge in [-0.25, -0.2) is 4.39 Å². The Balaban J connectivity index is 1.60. The molecule has 1 N–H and O–H groups in total. The van der Waals surface area contributed by atoms with Gasteiger partial charge in [0.15, 0.2) is 0 Å². The van der Waals surface area contributed by atoms with E-state index in [9.17, 15) is 9.18 Å². The van der Waals surface area contributed by atoms with Crippen molar-refractivity contribution in [1.29, 1.82) is 0 Å². The zero-order chi connectivity index (χ0) is 14.8. The highest BCUT2D eigenvalue weighted by molar-refractivity contribution is 9.10. The van der Waals surface area contributed by atoms with Gasteiger partial charge in [-0.15, -0.1) is 0 Å². The average molecular weight is 350 g/mol. The summed E-state index contributed by atoms with van der Waals surface area (Å²) < 4.78 is 19.6. The highest BCUT2D eigenvalue weighted by atomic mass is 79.9. The smallest absolute Gasteiger partial charge is 0.252 e. The van der Waals surface area contributed by atoms with Gasteiger partial charge in [-0.2, -0.15) is 0 Å². The third-order valence-electron chi connectivity index (χ3n) is 3.37. The van der Waals surface area contributed by atoms with E-state index in [4.69, 9.17) is 4.74 Å². The summed E-state index contributed by atoms with van der Waals surface area (Å²) in [6.45, 7) is 0.385. The SMILES string of the molecule is O=C(NCC1Cc2cc(F)ccc2O1)c1ccccc1Br. The molecule has 5 heteroatoms. The zero-order valence-electron chi connectivity index (χ0n) is 11.1. The first-order chi connectivity index (χ1) is 10.1. The number of hydrogen-bond donors (Lipinski definition) is 1. The van der Waals surface area contributed by atoms with Crippen LogP contribution in [0.4, 0.5) is 4.39 Å². The van der Waals surface area contributed by atoms with Crippen molar-refractivity contribution in [3.05, 3.63) is 63.9 Å². The molecule has 0 saturated heterocycles. The second-order valence-electron chi connectivity index (χ2n) is 4.89. The molecule has 0 aromatic heterocycles. The first kappa shape index (κ1) is 14.1. The van der Waals surface area contributed by atoms with Crippen LogP contribution in [0.15, 0.2) is 46.9 Å². The van der Waals surface area contributed by atoms with Crippen LogP contribution in [0.2, 0.25) is 0 Å². The fourth-order valence-corrected chi connectivity index (χ4v) is 2.81. The maximum absolute atomic E-state index is 13.1. The summed E-state index contributed by atoms with van der Waals surface area (Å²) in [6.07, 6.45) is 0.441. The van der Waals surface area contributed by atoms with Crippen LogP contribution in [0, 0.1) is 5.82 Å². The van der Waals surface area contributed by atoms with Crippen LogP contribution < -0.4 is 10.1 Å². The van der Waals surface area contributed by atoms with E-state index in [1.165, 1.54) is 12.1 Å². The molecular formula is C16H13BrFNO2. The van der Waals surface area contributed by atoms with Crippen LogP contribution in [0.3, 0.4) is 0 Å². The summed E-state index contributed by atoms with van der Waals surface area (Å²) in [5, 5.41) is 2.84.